The first-order valence-electron chi connectivity index (χ1n) is 5.32. The molecule has 0 aromatic heterocycles. The summed E-state index contributed by atoms with van der Waals surface area (Å²) in [6, 6.07) is 3.19. The lowest BCUT2D eigenvalue weighted by Crippen LogP contribution is -2.28. The van der Waals surface area contributed by atoms with Crippen LogP contribution in [0.4, 0.5) is 0 Å². The van der Waals surface area contributed by atoms with Gasteiger partial charge >= 0.3 is 0 Å². The first-order valence-corrected chi connectivity index (χ1v) is 5.32. The Kier molecular flexibility index (Phi) is 3.68. The smallest absolute Gasteiger partial charge is 0.231 e. The number of phenolic OH excluding ortho intramolecular Hbond substituents is 1. The number of aromatic hydroxyl groups is 1. The molecule has 1 aromatic carbocycles. The second-order valence-electron chi connectivity index (χ2n) is 3.80. The molecule has 6 nitrogen and oxygen atoms in total. The highest BCUT2D eigenvalue weighted by molar-refractivity contribution is 5.51. The lowest BCUT2D eigenvalue weighted by atomic mass is 10.1. The van der Waals surface area contributed by atoms with Crippen molar-refractivity contribution >= 4 is 0 Å². The van der Waals surface area contributed by atoms with Crippen molar-refractivity contribution in [2.24, 2.45) is 0 Å². The van der Waals surface area contributed by atoms with Crippen molar-refractivity contribution in [1.82, 2.24) is 5.32 Å². The van der Waals surface area contributed by atoms with Crippen LogP contribution in [0.5, 0.6) is 17.2 Å². The molecule has 2 rings (SSSR count). The van der Waals surface area contributed by atoms with E-state index in [0.717, 1.165) is 0 Å². The van der Waals surface area contributed by atoms with Crippen LogP contribution in [0.1, 0.15) is 5.56 Å². The largest absolute Gasteiger partial charge is 0.507 e. The van der Waals surface area contributed by atoms with Gasteiger partial charge in [-0.25, -0.2) is 0 Å². The Bertz CT molecular complexity index is 396. The van der Waals surface area contributed by atoms with E-state index in [0.29, 0.717) is 23.6 Å². The van der Waals surface area contributed by atoms with Crippen LogP contribution in [0.3, 0.4) is 0 Å². The van der Waals surface area contributed by atoms with Gasteiger partial charge in [-0.3, -0.25) is 0 Å². The molecule has 1 atom stereocenters. The van der Waals surface area contributed by atoms with E-state index >= 15 is 0 Å². The maximum atomic E-state index is 9.71. The van der Waals surface area contributed by atoms with Crippen molar-refractivity contribution in [1.29, 1.82) is 0 Å². The van der Waals surface area contributed by atoms with E-state index in [2.05, 4.69) is 5.32 Å². The lowest BCUT2D eigenvalue weighted by molar-refractivity contribution is 0.0942. The van der Waals surface area contributed by atoms with Crippen LogP contribution in [0.25, 0.3) is 0 Å². The number of fused-ring (bicyclic) bond motifs is 1. The predicted octanol–water partition coefficient (Wildman–Crippen LogP) is -0.436. The number of ether oxygens (including phenoxy) is 2. The number of hydrogen-bond donors (Lipinski definition) is 4. The molecule has 94 valence electrons. The highest BCUT2D eigenvalue weighted by atomic mass is 16.7. The quantitative estimate of drug-likeness (QED) is 0.559. The molecule has 0 amide bonds. The minimum atomic E-state index is -0.800. The van der Waals surface area contributed by atoms with Gasteiger partial charge in [0.15, 0.2) is 11.5 Å². The minimum absolute atomic E-state index is 0.111. The fraction of sp³-hybridized carbons (Fsp3) is 0.455. The number of nitrogens with one attached hydrogen (secondary N) is 1. The first-order chi connectivity index (χ1) is 8.20. The van der Waals surface area contributed by atoms with Gasteiger partial charge in [0.05, 0.1) is 12.7 Å². The van der Waals surface area contributed by atoms with Crippen LogP contribution in [-0.2, 0) is 6.54 Å². The summed E-state index contributed by atoms with van der Waals surface area (Å²) in [5.41, 5.74) is 0.652. The van der Waals surface area contributed by atoms with Crippen molar-refractivity contribution in [3.8, 4) is 17.2 Å². The van der Waals surface area contributed by atoms with Gasteiger partial charge in [0.1, 0.15) is 5.75 Å². The molecule has 1 unspecified atom stereocenters. The Balaban J connectivity index is 1.97. The standard InChI is InChI=1S/C11H15NO5/c13-5-8(14)4-12-3-7-1-10-11(2-9(7)15)17-6-16-10/h1-2,8,12-15H,3-6H2. The van der Waals surface area contributed by atoms with Crippen molar-refractivity contribution in [3.05, 3.63) is 17.7 Å². The molecule has 0 saturated carbocycles. The third-order valence-electron chi connectivity index (χ3n) is 2.48. The number of aliphatic hydroxyl groups is 2. The summed E-state index contributed by atoms with van der Waals surface area (Å²) in [5, 5.41) is 30.4. The first kappa shape index (κ1) is 12.0. The predicted molar refractivity (Wildman–Crippen MR) is 59.0 cm³/mol. The summed E-state index contributed by atoms with van der Waals surface area (Å²) >= 11 is 0. The Morgan fingerprint density at radius 1 is 1.29 bits per heavy atom. The number of phenols is 1. The zero-order valence-electron chi connectivity index (χ0n) is 9.22. The lowest BCUT2D eigenvalue weighted by Gasteiger charge is -2.10. The molecule has 0 spiro atoms. The van der Waals surface area contributed by atoms with Crippen LogP contribution < -0.4 is 14.8 Å². The van der Waals surface area contributed by atoms with Crippen molar-refractivity contribution in [3.63, 3.8) is 0 Å². The third-order valence-corrected chi connectivity index (χ3v) is 2.48. The number of hydrogen-bond acceptors (Lipinski definition) is 6. The Hall–Kier alpha value is -1.50. The van der Waals surface area contributed by atoms with Crippen molar-refractivity contribution in [2.75, 3.05) is 19.9 Å². The molecule has 1 aliphatic heterocycles. The SMILES string of the molecule is OCC(O)CNCc1cc2c(cc1O)OCO2. The molecule has 1 aliphatic rings. The van der Waals surface area contributed by atoms with E-state index in [-0.39, 0.29) is 25.7 Å². The van der Waals surface area contributed by atoms with Crippen LogP contribution in [-0.4, -0.2) is 41.4 Å². The zero-order valence-corrected chi connectivity index (χ0v) is 9.22. The summed E-state index contributed by atoms with van der Waals surface area (Å²) in [4.78, 5) is 0. The molecule has 0 fully saturated rings. The maximum absolute atomic E-state index is 9.71. The molecule has 0 bridgehead atoms. The van der Waals surface area contributed by atoms with E-state index in [1.165, 1.54) is 6.07 Å². The van der Waals surface area contributed by atoms with Gasteiger partial charge in [0, 0.05) is 24.7 Å². The van der Waals surface area contributed by atoms with Crippen LogP contribution in [0.15, 0.2) is 12.1 Å². The number of rotatable bonds is 5. The number of benzene rings is 1. The molecule has 4 N–H and O–H groups in total. The molecular formula is C11H15NO5. The van der Waals surface area contributed by atoms with Gasteiger partial charge in [0.2, 0.25) is 6.79 Å². The van der Waals surface area contributed by atoms with Gasteiger partial charge in [-0.1, -0.05) is 0 Å². The summed E-state index contributed by atoms with van der Waals surface area (Å²) < 4.78 is 10.3. The summed E-state index contributed by atoms with van der Waals surface area (Å²) in [6.07, 6.45) is -0.800. The average molecular weight is 241 g/mol. The highest BCUT2D eigenvalue weighted by Crippen LogP contribution is 2.37. The van der Waals surface area contributed by atoms with Crippen molar-refractivity contribution < 1.29 is 24.8 Å². The van der Waals surface area contributed by atoms with Gasteiger partial charge in [-0.15, -0.1) is 0 Å². The average Bonchev–Trinajstić information content (AvgIpc) is 2.76. The molecule has 1 heterocycles. The second kappa shape index (κ2) is 5.22. The Labute approximate surface area is 98.4 Å². The Morgan fingerprint density at radius 3 is 2.71 bits per heavy atom. The number of aliphatic hydroxyl groups excluding tert-OH is 2. The maximum Gasteiger partial charge on any atom is 0.231 e. The minimum Gasteiger partial charge on any atom is -0.507 e. The van der Waals surface area contributed by atoms with Gasteiger partial charge < -0.3 is 30.1 Å². The normalized spacial score (nSPS) is 14.9. The summed E-state index contributed by atoms with van der Waals surface area (Å²) in [6.45, 7) is 0.499. The van der Waals surface area contributed by atoms with E-state index in [4.69, 9.17) is 19.7 Å². The molecule has 0 radical (unpaired) electrons. The third kappa shape index (κ3) is 2.79. The topological polar surface area (TPSA) is 91.2 Å². The zero-order chi connectivity index (χ0) is 12.3. The molecule has 1 aromatic rings. The van der Waals surface area contributed by atoms with E-state index in [9.17, 15) is 5.11 Å². The van der Waals surface area contributed by atoms with E-state index in [1.54, 1.807) is 6.07 Å². The fourth-order valence-corrected chi connectivity index (χ4v) is 1.55. The fourth-order valence-electron chi connectivity index (χ4n) is 1.55. The van der Waals surface area contributed by atoms with Crippen LogP contribution in [0.2, 0.25) is 0 Å². The highest BCUT2D eigenvalue weighted by Gasteiger charge is 2.16. The Morgan fingerprint density at radius 2 is 2.00 bits per heavy atom. The van der Waals surface area contributed by atoms with Gasteiger partial charge in [-0.05, 0) is 6.07 Å². The molecule has 0 aliphatic carbocycles. The van der Waals surface area contributed by atoms with Gasteiger partial charge in [0.25, 0.3) is 0 Å². The molecular weight excluding hydrogens is 226 g/mol. The van der Waals surface area contributed by atoms with E-state index < -0.39 is 6.10 Å². The second-order valence-corrected chi connectivity index (χ2v) is 3.80. The molecule has 6 heteroatoms. The summed E-state index contributed by atoms with van der Waals surface area (Å²) in [5.74, 6) is 1.24. The van der Waals surface area contributed by atoms with E-state index in [1.807, 2.05) is 0 Å². The molecule has 17 heavy (non-hydrogen) atoms. The monoisotopic (exact) mass is 241 g/mol. The summed E-state index contributed by atoms with van der Waals surface area (Å²) in [7, 11) is 0. The van der Waals surface area contributed by atoms with Crippen LogP contribution in [0, 0.1) is 0 Å². The van der Waals surface area contributed by atoms with Crippen LogP contribution >= 0.6 is 0 Å². The molecule has 0 saturated heterocycles. The van der Waals surface area contributed by atoms with Gasteiger partial charge in [-0.2, -0.15) is 0 Å². The van der Waals surface area contributed by atoms with Crippen molar-refractivity contribution in [2.45, 2.75) is 12.6 Å².